The number of amides is 1. The Kier molecular flexibility index (Phi) is 5.82. The molecule has 0 aliphatic carbocycles. The quantitative estimate of drug-likeness (QED) is 0.685. The molecule has 0 radical (unpaired) electrons. The molecule has 5 nitrogen and oxygen atoms in total. The van der Waals surface area contributed by atoms with E-state index in [1.54, 1.807) is 6.20 Å². The van der Waals surface area contributed by atoms with Crippen molar-refractivity contribution < 1.29 is 9.53 Å². The third kappa shape index (κ3) is 5.49. The molecule has 0 saturated heterocycles. The third-order valence-electron chi connectivity index (χ3n) is 3.73. The minimum absolute atomic E-state index is 0.0847. The largest absolute Gasteiger partial charge is 0.493 e. The zero-order chi connectivity index (χ0) is 17.3. The first kappa shape index (κ1) is 16.8. The molecule has 1 N–H and O–H groups in total. The van der Waals surface area contributed by atoms with Gasteiger partial charge in [0.05, 0.1) is 24.9 Å². The summed E-state index contributed by atoms with van der Waals surface area (Å²) >= 11 is 0. The normalized spacial score (nSPS) is 10.4. The van der Waals surface area contributed by atoms with E-state index in [0.717, 1.165) is 18.7 Å². The second kappa shape index (κ2) is 8.68. The van der Waals surface area contributed by atoms with Gasteiger partial charge in [-0.1, -0.05) is 48.5 Å². The molecular weight excluding hydrogens is 314 g/mol. The number of hydrogen-bond donors (Lipinski definition) is 1. The number of nitrogens with one attached hydrogen (secondary N) is 1. The molecule has 1 aromatic heterocycles. The third-order valence-corrected chi connectivity index (χ3v) is 3.73. The molecule has 2 aromatic carbocycles. The average Bonchev–Trinajstić information content (AvgIpc) is 3.09. The van der Waals surface area contributed by atoms with E-state index in [0.29, 0.717) is 18.7 Å². The first-order valence-corrected chi connectivity index (χ1v) is 8.34. The van der Waals surface area contributed by atoms with E-state index in [1.165, 1.54) is 5.56 Å². The number of rotatable bonds is 8. The summed E-state index contributed by atoms with van der Waals surface area (Å²) in [5.74, 6) is 0.683. The topological polar surface area (TPSA) is 56.1 Å². The van der Waals surface area contributed by atoms with Gasteiger partial charge in [-0.2, -0.15) is 5.10 Å². The molecule has 5 heteroatoms. The lowest BCUT2D eigenvalue weighted by Gasteiger charge is -2.06. The molecule has 3 rings (SSSR count). The Balaban J connectivity index is 1.40. The van der Waals surface area contributed by atoms with Gasteiger partial charge in [0.15, 0.2) is 0 Å². The van der Waals surface area contributed by atoms with Gasteiger partial charge in [0.2, 0.25) is 5.91 Å². The highest BCUT2D eigenvalue weighted by Gasteiger charge is 2.05. The van der Waals surface area contributed by atoms with E-state index in [2.05, 4.69) is 22.5 Å². The van der Waals surface area contributed by atoms with E-state index >= 15 is 0 Å². The van der Waals surface area contributed by atoms with E-state index in [9.17, 15) is 4.79 Å². The van der Waals surface area contributed by atoms with Crippen molar-refractivity contribution in [3.8, 4) is 5.75 Å². The minimum atomic E-state index is -0.0847. The number of benzene rings is 2. The summed E-state index contributed by atoms with van der Waals surface area (Å²) in [6, 6.07) is 19.7. The number of hydrogen-bond acceptors (Lipinski definition) is 3. The smallest absolute Gasteiger partial charge is 0.227 e. The fourth-order valence-electron chi connectivity index (χ4n) is 2.44. The lowest BCUT2D eigenvalue weighted by atomic mass is 10.1. The van der Waals surface area contributed by atoms with Crippen LogP contribution in [0.1, 0.15) is 12.0 Å². The highest BCUT2D eigenvalue weighted by molar-refractivity contribution is 5.90. The highest BCUT2D eigenvalue weighted by atomic mass is 16.5. The van der Waals surface area contributed by atoms with Gasteiger partial charge >= 0.3 is 0 Å². The zero-order valence-electron chi connectivity index (χ0n) is 14.0. The van der Waals surface area contributed by atoms with Crippen LogP contribution in [-0.2, 0) is 17.8 Å². The standard InChI is InChI=1S/C20H21N3O2/c24-20(12-14-25-19-9-5-2-6-10-19)22-18-15-21-23(16-18)13-11-17-7-3-1-4-8-17/h1-10,15-16H,11-14H2,(H,22,24). The first-order chi connectivity index (χ1) is 12.3. The van der Waals surface area contributed by atoms with Gasteiger partial charge in [0.1, 0.15) is 5.75 Å². The summed E-state index contributed by atoms with van der Waals surface area (Å²) in [5, 5.41) is 7.13. The molecule has 1 heterocycles. The summed E-state index contributed by atoms with van der Waals surface area (Å²) in [4.78, 5) is 12.0. The Morgan fingerprint density at radius 2 is 1.76 bits per heavy atom. The van der Waals surface area contributed by atoms with Gasteiger partial charge < -0.3 is 10.1 Å². The maximum absolute atomic E-state index is 12.0. The van der Waals surface area contributed by atoms with Gasteiger partial charge in [0.25, 0.3) is 0 Å². The Hall–Kier alpha value is -3.08. The van der Waals surface area contributed by atoms with Crippen LogP contribution in [0.2, 0.25) is 0 Å². The van der Waals surface area contributed by atoms with Crippen LogP contribution >= 0.6 is 0 Å². The van der Waals surface area contributed by atoms with Crippen molar-refractivity contribution in [3.05, 3.63) is 78.6 Å². The van der Waals surface area contributed by atoms with Crippen molar-refractivity contribution in [2.24, 2.45) is 0 Å². The van der Waals surface area contributed by atoms with Crippen LogP contribution in [0.25, 0.3) is 0 Å². The summed E-state index contributed by atoms with van der Waals surface area (Å²) in [7, 11) is 0. The zero-order valence-corrected chi connectivity index (χ0v) is 14.0. The van der Waals surface area contributed by atoms with Crippen LogP contribution in [0.5, 0.6) is 5.75 Å². The second-order valence-electron chi connectivity index (χ2n) is 5.69. The number of carbonyl (C=O) groups is 1. The molecule has 0 aliphatic heterocycles. The van der Waals surface area contributed by atoms with E-state index in [-0.39, 0.29) is 5.91 Å². The number of aromatic nitrogens is 2. The second-order valence-corrected chi connectivity index (χ2v) is 5.69. The first-order valence-electron chi connectivity index (χ1n) is 8.34. The average molecular weight is 335 g/mol. The van der Waals surface area contributed by atoms with Crippen molar-refractivity contribution in [2.45, 2.75) is 19.4 Å². The minimum Gasteiger partial charge on any atom is -0.493 e. The van der Waals surface area contributed by atoms with Gasteiger partial charge in [-0.3, -0.25) is 9.48 Å². The highest BCUT2D eigenvalue weighted by Crippen LogP contribution is 2.10. The van der Waals surface area contributed by atoms with Crippen molar-refractivity contribution in [1.82, 2.24) is 9.78 Å². The molecule has 0 bridgehead atoms. The van der Waals surface area contributed by atoms with Crippen molar-refractivity contribution >= 4 is 11.6 Å². The van der Waals surface area contributed by atoms with Gasteiger partial charge in [-0.05, 0) is 24.1 Å². The Bertz CT molecular complexity index is 785. The molecule has 0 unspecified atom stereocenters. The predicted octanol–water partition coefficient (Wildman–Crippen LogP) is 3.53. The monoisotopic (exact) mass is 335 g/mol. The fraction of sp³-hybridized carbons (Fsp3) is 0.200. The predicted molar refractivity (Wildman–Crippen MR) is 97.6 cm³/mol. The van der Waals surface area contributed by atoms with Crippen LogP contribution in [-0.4, -0.2) is 22.3 Å². The van der Waals surface area contributed by atoms with E-state index in [1.807, 2.05) is 59.4 Å². The lowest BCUT2D eigenvalue weighted by molar-refractivity contribution is -0.116. The molecule has 0 fully saturated rings. The lowest BCUT2D eigenvalue weighted by Crippen LogP contribution is -2.14. The van der Waals surface area contributed by atoms with Crippen LogP contribution in [0, 0.1) is 0 Å². The van der Waals surface area contributed by atoms with Crippen molar-refractivity contribution in [2.75, 3.05) is 11.9 Å². The maximum atomic E-state index is 12.0. The molecule has 0 aliphatic rings. The number of para-hydroxylation sites is 1. The molecule has 0 spiro atoms. The maximum Gasteiger partial charge on any atom is 0.227 e. The molecule has 3 aromatic rings. The van der Waals surface area contributed by atoms with Gasteiger partial charge in [0, 0.05) is 12.7 Å². The van der Waals surface area contributed by atoms with Gasteiger partial charge in [-0.15, -0.1) is 0 Å². The number of carbonyl (C=O) groups excluding carboxylic acids is 1. The molecule has 0 saturated carbocycles. The van der Waals surface area contributed by atoms with Crippen molar-refractivity contribution in [3.63, 3.8) is 0 Å². The van der Waals surface area contributed by atoms with Gasteiger partial charge in [-0.25, -0.2) is 0 Å². The summed E-state index contributed by atoms with van der Waals surface area (Å²) in [6.07, 6.45) is 4.71. The Morgan fingerprint density at radius 1 is 1.04 bits per heavy atom. The fourth-order valence-corrected chi connectivity index (χ4v) is 2.44. The van der Waals surface area contributed by atoms with Crippen LogP contribution in [0.3, 0.4) is 0 Å². The summed E-state index contributed by atoms with van der Waals surface area (Å²) in [5.41, 5.74) is 1.97. The number of aryl methyl sites for hydroxylation is 2. The number of ether oxygens (including phenoxy) is 1. The molecule has 1 amide bonds. The molecular formula is C20H21N3O2. The molecule has 25 heavy (non-hydrogen) atoms. The molecule has 0 atom stereocenters. The number of nitrogens with zero attached hydrogens (tertiary/aromatic N) is 2. The van der Waals surface area contributed by atoms with Crippen LogP contribution in [0.4, 0.5) is 5.69 Å². The van der Waals surface area contributed by atoms with Crippen LogP contribution in [0.15, 0.2) is 73.1 Å². The SMILES string of the molecule is O=C(CCOc1ccccc1)Nc1cnn(CCc2ccccc2)c1. The van der Waals surface area contributed by atoms with E-state index < -0.39 is 0 Å². The summed E-state index contributed by atoms with van der Waals surface area (Å²) < 4.78 is 7.36. The Labute approximate surface area is 147 Å². The van der Waals surface area contributed by atoms with E-state index in [4.69, 9.17) is 4.74 Å². The van der Waals surface area contributed by atoms with Crippen molar-refractivity contribution in [1.29, 1.82) is 0 Å². The number of anilines is 1. The summed E-state index contributed by atoms with van der Waals surface area (Å²) in [6.45, 7) is 1.12. The molecule has 128 valence electrons. The Morgan fingerprint density at radius 3 is 2.52 bits per heavy atom. The van der Waals surface area contributed by atoms with Crippen LogP contribution < -0.4 is 10.1 Å².